The molecule has 0 saturated heterocycles. The van der Waals surface area contributed by atoms with Gasteiger partial charge in [0, 0.05) is 19.3 Å². The third-order valence-electron chi connectivity index (χ3n) is 4.65. The summed E-state index contributed by atoms with van der Waals surface area (Å²) in [6.45, 7) is 3.10. The highest BCUT2D eigenvalue weighted by molar-refractivity contribution is 5.94. The minimum absolute atomic E-state index is 0.146. The van der Waals surface area contributed by atoms with Gasteiger partial charge < -0.3 is 20.1 Å². The lowest BCUT2D eigenvalue weighted by molar-refractivity contribution is 0.0950. The standard InChI is InChI=1S/C23H25N3O3/c1-16-6-4-5-7-18(16)14-26-23(27)19-9-11-22(25-15-19)24-13-17-8-10-20(28-2)21(12-17)29-3/h4-12,15H,13-14H2,1-3H3,(H,24,25)(H,26,27). The molecule has 2 N–H and O–H groups in total. The van der Waals surface area contributed by atoms with Crippen LogP contribution in [0.25, 0.3) is 0 Å². The quantitative estimate of drug-likeness (QED) is 0.608. The van der Waals surface area contributed by atoms with Crippen LogP contribution in [0.1, 0.15) is 27.0 Å². The van der Waals surface area contributed by atoms with Gasteiger partial charge in [0.1, 0.15) is 5.82 Å². The van der Waals surface area contributed by atoms with Crippen molar-refractivity contribution in [3.05, 3.63) is 83.0 Å². The van der Waals surface area contributed by atoms with Gasteiger partial charge in [-0.05, 0) is 47.9 Å². The number of carbonyl (C=O) groups excluding carboxylic acids is 1. The van der Waals surface area contributed by atoms with Gasteiger partial charge in [-0.1, -0.05) is 30.3 Å². The van der Waals surface area contributed by atoms with Crippen molar-refractivity contribution in [2.75, 3.05) is 19.5 Å². The Labute approximate surface area is 170 Å². The van der Waals surface area contributed by atoms with Gasteiger partial charge in [0.2, 0.25) is 0 Å². The number of aryl methyl sites for hydroxylation is 1. The molecule has 0 spiro atoms. The zero-order chi connectivity index (χ0) is 20.6. The van der Waals surface area contributed by atoms with E-state index in [-0.39, 0.29) is 5.91 Å². The summed E-state index contributed by atoms with van der Waals surface area (Å²) < 4.78 is 10.6. The van der Waals surface area contributed by atoms with Crippen molar-refractivity contribution in [3.63, 3.8) is 0 Å². The fourth-order valence-corrected chi connectivity index (χ4v) is 2.90. The predicted molar refractivity (Wildman–Crippen MR) is 113 cm³/mol. The molecule has 6 nitrogen and oxygen atoms in total. The molecular weight excluding hydrogens is 366 g/mol. The average molecular weight is 391 g/mol. The van der Waals surface area contributed by atoms with Crippen molar-refractivity contribution in [2.45, 2.75) is 20.0 Å². The third kappa shape index (κ3) is 5.25. The fourth-order valence-electron chi connectivity index (χ4n) is 2.90. The number of nitrogens with one attached hydrogen (secondary N) is 2. The van der Waals surface area contributed by atoms with Crippen LogP contribution in [0.5, 0.6) is 11.5 Å². The Morgan fingerprint density at radius 3 is 2.45 bits per heavy atom. The molecule has 1 heterocycles. The Morgan fingerprint density at radius 2 is 1.76 bits per heavy atom. The van der Waals surface area contributed by atoms with Gasteiger partial charge in [0.15, 0.2) is 11.5 Å². The van der Waals surface area contributed by atoms with Crippen molar-refractivity contribution in [1.82, 2.24) is 10.3 Å². The second-order valence-electron chi connectivity index (χ2n) is 6.58. The molecule has 0 atom stereocenters. The van der Waals surface area contributed by atoms with E-state index >= 15 is 0 Å². The highest BCUT2D eigenvalue weighted by atomic mass is 16.5. The van der Waals surface area contributed by atoms with Crippen molar-refractivity contribution < 1.29 is 14.3 Å². The van der Waals surface area contributed by atoms with Gasteiger partial charge in [-0.3, -0.25) is 4.79 Å². The van der Waals surface area contributed by atoms with Crippen LogP contribution in [-0.2, 0) is 13.1 Å². The number of aromatic nitrogens is 1. The summed E-state index contributed by atoms with van der Waals surface area (Å²) in [5.74, 6) is 1.92. The Kier molecular flexibility index (Phi) is 6.68. The molecule has 2 aromatic carbocycles. The molecule has 0 radical (unpaired) electrons. The summed E-state index contributed by atoms with van der Waals surface area (Å²) >= 11 is 0. The van der Waals surface area contributed by atoms with Gasteiger partial charge in [0.05, 0.1) is 19.8 Å². The van der Waals surface area contributed by atoms with E-state index in [2.05, 4.69) is 15.6 Å². The largest absolute Gasteiger partial charge is 0.493 e. The summed E-state index contributed by atoms with van der Waals surface area (Å²) in [5, 5.41) is 6.17. The Bertz CT molecular complexity index is 971. The normalized spacial score (nSPS) is 10.3. The number of methoxy groups -OCH3 is 2. The molecule has 0 aliphatic heterocycles. The van der Waals surface area contributed by atoms with Crippen LogP contribution >= 0.6 is 0 Å². The van der Waals surface area contributed by atoms with E-state index in [1.807, 2.05) is 49.4 Å². The maximum Gasteiger partial charge on any atom is 0.253 e. The van der Waals surface area contributed by atoms with Gasteiger partial charge in [-0.2, -0.15) is 0 Å². The van der Waals surface area contributed by atoms with Crippen LogP contribution in [0, 0.1) is 6.92 Å². The lowest BCUT2D eigenvalue weighted by atomic mass is 10.1. The Morgan fingerprint density at radius 1 is 0.966 bits per heavy atom. The van der Waals surface area contributed by atoms with Crippen molar-refractivity contribution in [1.29, 1.82) is 0 Å². The number of hydrogen-bond donors (Lipinski definition) is 2. The van der Waals surface area contributed by atoms with Gasteiger partial charge in [0.25, 0.3) is 5.91 Å². The van der Waals surface area contributed by atoms with Crippen LogP contribution in [-0.4, -0.2) is 25.1 Å². The molecule has 0 unspecified atom stereocenters. The molecule has 6 heteroatoms. The molecule has 0 aliphatic rings. The lowest BCUT2D eigenvalue weighted by Crippen LogP contribution is -2.23. The van der Waals surface area contributed by atoms with E-state index in [4.69, 9.17) is 9.47 Å². The topological polar surface area (TPSA) is 72.5 Å². The molecule has 150 valence electrons. The summed E-state index contributed by atoms with van der Waals surface area (Å²) in [7, 11) is 3.22. The number of anilines is 1. The molecular formula is C23H25N3O3. The number of ether oxygens (including phenoxy) is 2. The molecule has 3 rings (SSSR count). The maximum atomic E-state index is 12.4. The van der Waals surface area contributed by atoms with E-state index in [0.717, 1.165) is 16.7 Å². The summed E-state index contributed by atoms with van der Waals surface area (Å²) in [4.78, 5) is 16.7. The number of nitrogens with zero attached hydrogens (tertiary/aromatic N) is 1. The van der Waals surface area contributed by atoms with Crippen LogP contribution in [0.4, 0.5) is 5.82 Å². The second-order valence-corrected chi connectivity index (χ2v) is 6.58. The zero-order valence-electron chi connectivity index (χ0n) is 16.9. The first-order valence-corrected chi connectivity index (χ1v) is 9.34. The summed E-state index contributed by atoms with van der Waals surface area (Å²) in [5.41, 5.74) is 3.81. The number of rotatable bonds is 8. The van der Waals surface area contributed by atoms with E-state index in [0.29, 0.717) is 36.0 Å². The van der Waals surface area contributed by atoms with Gasteiger partial charge in [-0.15, -0.1) is 0 Å². The number of pyridine rings is 1. The number of benzene rings is 2. The molecule has 3 aromatic rings. The van der Waals surface area contributed by atoms with Crippen LogP contribution < -0.4 is 20.1 Å². The smallest absolute Gasteiger partial charge is 0.253 e. The van der Waals surface area contributed by atoms with Crippen LogP contribution in [0.2, 0.25) is 0 Å². The molecule has 29 heavy (non-hydrogen) atoms. The van der Waals surface area contributed by atoms with Crippen molar-refractivity contribution in [3.8, 4) is 11.5 Å². The van der Waals surface area contributed by atoms with E-state index in [1.54, 1.807) is 32.5 Å². The minimum atomic E-state index is -0.146. The SMILES string of the molecule is COc1ccc(CNc2ccc(C(=O)NCc3ccccc3C)cn2)cc1OC. The number of carbonyl (C=O) groups is 1. The monoisotopic (exact) mass is 391 g/mol. The maximum absolute atomic E-state index is 12.4. The molecule has 1 aromatic heterocycles. The lowest BCUT2D eigenvalue weighted by Gasteiger charge is -2.11. The molecule has 0 bridgehead atoms. The first-order valence-electron chi connectivity index (χ1n) is 9.34. The second kappa shape index (κ2) is 9.59. The van der Waals surface area contributed by atoms with Crippen molar-refractivity contribution in [2.24, 2.45) is 0 Å². The van der Waals surface area contributed by atoms with Crippen LogP contribution in [0.3, 0.4) is 0 Å². The Hall–Kier alpha value is -3.54. The predicted octanol–water partition coefficient (Wildman–Crippen LogP) is 3.95. The van der Waals surface area contributed by atoms with Crippen molar-refractivity contribution >= 4 is 11.7 Å². The average Bonchev–Trinajstić information content (AvgIpc) is 2.77. The molecule has 0 aliphatic carbocycles. The minimum Gasteiger partial charge on any atom is -0.493 e. The van der Waals surface area contributed by atoms with Gasteiger partial charge >= 0.3 is 0 Å². The van der Waals surface area contributed by atoms with E-state index in [1.165, 1.54) is 0 Å². The number of hydrogen-bond acceptors (Lipinski definition) is 5. The van der Waals surface area contributed by atoms with Gasteiger partial charge in [-0.25, -0.2) is 4.98 Å². The first-order chi connectivity index (χ1) is 14.1. The summed E-state index contributed by atoms with van der Waals surface area (Å²) in [6.07, 6.45) is 1.57. The first kappa shape index (κ1) is 20.2. The number of amides is 1. The zero-order valence-corrected chi connectivity index (χ0v) is 16.9. The van der Waals surface area contributed by atoms with E-state index in [9.17, 15) is 4.79 Å². The third-order valence-corrected chi connectivity index (χ3v) is 4.65. The fraction of sp³-hybridized carbons (Fsp3) is 0.217. The molecule has 1 amide bonds. The van der Waals surface area contributed by atoms with E-state index < -0.39 is 0 Å². The molecule has 0 saturated carbocycles. The molecule has 0 fully saturated rings. The Balaban J connectivity index is 1.56. The highest BCUT2D eigenvalue weighted by Gasteiger charge is 2.08. The highest BCUT2D eigenvalue weighted by Crippen LogP contribution is 2.27. The van der Waals surface area contributed by atoms with Crippen LogP contribution in [0.15, 0.2) is 60.8 Å². The summed E-state index contributed by atoms with van der Waals surface area (Å²) in [6, 6.07) is 17.3.